The molecule has 0 bridgehead atoms. The van der Waals surface area contributed by atoms with Gasteiger partial charge in [0, 0.05) is 23.2 Å². The van der Waals surface area contributed by atoms with Crippen molar-refractivity contribution in [1.29, 1.82) is 0 Å². The molecule has 0 aromatic carbocycles. The number of nitrogens with one attached hydrogen (secondary N) is 4. The molecule has 0 aromatic heterocycles. The lowest BCUT2D eigenvalue weighted by Gasteiger charge is -2.46. The summed E-state index contributed by atoms with van der Waals surface area (Å²) >= 11 is 10.6. The molecule has 4 N–H and O–H groups in total. The molecule has 1 saturated heterocycles. The molecule has 2 aliphatic rings. The van der Waals surface area contributed by atoms with Gasteiger partial charge in [0.25, 0.3) is 0 Å². The molecule has 2 rings (SSSR count). The highest BCUT2D eigenvalue weighted by atomic mass is 32.1. The van der Waals surface area contributed by atoms with Crippen LogP contribution in [0.5, 0.6) is 0 Å². The van der Waals surface area contributed by atoms with E-state index in [-0.39, 0.29) is 16.6 Å². The Balaban J connectivity index is 2.18. The summed E-state index contributed by atoms with van der Waals surface area (Å²) in [5, 5.41) is 14.6. The fourth-order valence-corrected chi connectivity index (χ4v) is 4.19. The minimum Gasteiger partial charge on any atom is -0.358 e. The molecular formula is C14H24N4S2. The molecule has 2 aliphatic heterocycles. The Morgan fingerprint density at radius 2 is 1.65 bits per heavy atom. The second-order valence-electron chi connectivity index (χ2n) is 7.35. The maximum Gasteiger partial charge on any atom is 0.171 e. The molecule has 1 atom stereocenters. The van der Waals surface area contributed by atoms with Gasteiger partial charge >= 0.3 is 0 Å². The molecule has 0 aliphatic carbocycles. The first-order valence-electron chi connectivity index (χ1n) is 6.90. The molecule has 0 spiro atoms. The van der Waals surface area contributed by atoms with Crippen molar-refractivity contribution in [3.8, 4) is 0 Å². The fourth-order valence-electron chi connectivity index (χ4n) is 3.28. The maximum atomic E-state index is 5.34. The highest BCUT2D eigenvalue weighted by molar-refractivity contribution is 7.80. The summed E-state index contributed by atoms with van der Waals surface area (Å²) in [6, 6.07) is 0. The zero-order valence-electron chi connectivity index (χ0n) is 12.8. The first-order valence-corrected chi connectivity index (χ1v) is 7.72. The third-order valence-corrected chi connectivity index (χ3v) is 3.93. The lowest BCUT2D eigenvalue weighted by molar-refractivity contribution is 0.245. The van der Waals surface area contributed by atoms with E-state index in [1.54, 1.807) is 0 Å². The normalized spacial score (nSPS) is 31.4. The Bertz CT molecular complexity index is 482. The van der Waals surface area contributed by atoms with E-state index >= 15 is 0 Å². The highest BCUT2D eigenvalue weighted by Crippen LogP contribution is 2.30. The predicted octanol–water partition coefficient (Wildman–Crippen LogP) is 1.92. The third-order valence-electron chi connectivity index (χ3n) is 3.52. The molecule has 0 aromatic rings. The highest BCUT2D eigenvalue weighted by Gasteiger charge is 2.39. The van der Waals surface area contributed by atoms with Gasteiger partial charge in [0.1, 0.15) is 0 Å². The Hall–Kier alpha value is -0.880. The Morgan fingerprint density at radius 3 is 2.20 bits per heavy atom. The summed E-state index contributed by atoms with van der Waals surface area (Å²) in [6.07, 6.45) is 4.05. The van der Waals surface area contributed by atoms with Crippen molar-refractivity contribution in [2.45, 2.75) is 64.1 Å². The van der Waals surface area contributed by atoms with Crippen molar-refractivity contribution in [2.75, 3.05) is 0 Å². The van der Waals surface area contributed by atoms with Crippen LogP contribution in [0.3, 0.4) is 0 Å². The van der Waals surface area contributed by atoms with Crippen LogP contribution in [0.2, 0.25) is 0 Å². The summed E-state index contributed by atoms with van der Waals surface area (Å²) in [5.74, 6) is 0. The first kappa shape index (κ1) is 15.5. The van der Waals surface area contributed by atoms with Crippen LogP contribution >= 0.6 is 24.4 Å². The van der Waals surface area contributed by atoms with Crippen LogP contribution in [-0.4, -0.2) is 26.8 Å². The first-order chi connectivity index (χ1) is 8.99. The number of hydrogen-bond donors (Lipinski definition) is 4. The van der Waals surface area contributed by atoms with Gasteiger partial charge in [0.2, 0.25) is 0 Å². The summed E-state index contributed by atoms with van der Waals surface area (Å²) in [6.45, 7) is 10.8. The zero-order chi connectivity index (χ0) is 15.2. The van der Waals surface area contributed by atoms with E-state index in [9.17, 15) is 0 Å². The SMILES string of the molecule is CC1(C)C=C(C[C@]2(C)CC(C)(C)NC(=S)N2)NC(=S)N1. The number of rotatable bonds is 2. The third kappa shape index (κ3) is 3.82. The second kappa shape index (κ2) is 4.84. The molecule has 0 unspecified atom stereocenters. The van der Waals surface area contributed by atoms with Crippen molar-refractivity contribution in [2.24, 2.45) is 0 Å². The van der Waals surface area contributed by atoms with Gasteiger partial charge in [-0.3, -0.25) is 0 Å². The molecule has 0 amide bonds. The van der Waals surface area contributed by atoms with Crippen molar-refractivity contribution >= 4 is 34.7 Å². The van der Waals surface area contributed by atoms with E-state index in [0.29, 0.717) is 5.11 Å². The Morgan fingerprint density at radius 1 is 1.00 bits per heavy atom. The largest absolute Gasteiger partial charge is 0.358 e. The topological polar surface area (TPSA) is 48.1 Å². The van der Waals surface area contributed by atoms with Crippen molar-refractivity contribution in [3.63, 3.8) is 0 Å². The summed E-state index contributed by atoms with van der Waals surface area (Å²) < 4.78 is 0. The molecule has 2 heterocycles. The van der Waals surface area contributed by atoms with Crippen LogP contribution in [0.15, 0.2) is 11.8 Å². The van der Waals surface area contributed by atoms with Gasteiger partial charge in [-0.15, -0.1) is 0 Å². The van der Waals surface area contributed by atoms with Crippen LogP contribution < -0.4 is 21.3 Å². The standard InChI is InChI=1S/C14H24N4S2/c1-12(2)6-9(15-10(19)16-12)7-14(5)8-13(3,4)17-11(20)18-14/h6H,7-8H2,1-5H3,(H2,15,16,19)(H2,17,18,20)/t14-/m1/s1. The van der Waals surface area contributed by atoms with Gasteiger partial charge in [-0.25, -0.2) is 0 Å². The monoisotopic (exact) mass is 312 g/mol. The zero-order valence-corrected chi connectivity index (χ0v) is 14.4. The average Bonchev–Trinajstić information content (AvgIpc) is 2.06. The van der Waals surface area contributed by atoms with E-state index in [2.05, 4.69) is 62.0 Å². The minimum atomic E-state index is -0.114. The van der Waals surface area contributed by atoms with Gasteiger partial charge in [0.05, 0.1) is 5.54 Å². The second-order valence-corrected chi connectivity index (χ2v) is 8.16. The minimum absolute atomic E-state index is 0.000582. The number of hydrogen-bond acceptors (Lipinski definition) is 2. The van der Waals surface area contributed by atoms with Crippen molar-refractivity contribution in [1.82, 2.24) is 21.3 Å². The van der Waals surface area contributed by atoms with Gasteiger partial charge in [-0.05, 0) is 71.6 Å². The van der Waals surface area contributed by atoms with Crippen LogP contribution in [0.25, 0.3) is 0 Å². The molecule has 20 heavy (non-hydrogen) atoms. The summed E-state index contributed by atoms with van der Waals surface area (Å²) in [7, 11) is 0. The summed E-state index contributed by atoms with van der Waals surface area (Å²) in [5.41, 5.74) is 0.958. The molecule has 4 nitrogen and oxygen atoms in total. The van der Waals surface area contributed by atoms with Crippen LogP contribution in [-0.2, 0) is 0 Å². The Labute approximate surface area is 132 Å². The maximum absolute atomic E-state index is 5.34. The average molecular weight is 313 g/mol. The van der Waals surface area contributed by atoms with Gasteiger partial charge in [-0.1, -0.05) is 0 Å². The number of thiocarbonyl (C=S) groups is 2. The molecule has 1 fully saturated rings. The van der Waals surface area contributed by atoms with E-state index in [0.717, 1.165) is 23.7 Å². The molecule has 0 radical (unpaired) electrons. The predicted molar refractivity (Wildman–Crippen MR) is 91.6 cm³/mol. The van der Waals surface area contributed by atoms with Crippen LogP contribution in [0, 0.1) is 0 Å². The van der Waals surface area contributed by atoms with E-state index < -0.39 is 0 Å². The van der Waals surface area contributed by atoms with E-state index in [1.165, 1.54) is 0 Å². The molecule has 0 saturated carbocycles. The molecular weight excluding hydrogens is 288 g/mol. The quantitative estimate of drug-likeness (QED) is 0.585. The smallest absolute Gasteiger partial charge is 0.171 e. The van der Waals surface area contributed by atoms with E-state index in [1.807, 2.05) is 0 Å². The van der Waals surface area contributed by atoms with Crippen molar-refractivity contribution in [3.05, 3.63) is 11.8 Å². The lowest BCUT2D eigenvalue weighted by Crippen LogP contribution is -2.65. The summed E-state index contributed by atoms with van der Waals surface area (Å²) in [4.78, 5) is 0. The Kier molecular flexibility index (Phi) is 3.75. The van der Waals surface area contributed by atoms with Gasteiger partial charge in [0.15, 0.2) is 10.2 Å². The van der Waals surface area contributed by atoms with Gasteiger partial charge < -0.3 is 21.3 Å². The lowest BCUT2D eigenvalue weighted by atomic mass is 9.80. The molecule has 6 heteroatoms. The molecule has 112 valence electrons. The fraction of sp³-hybridized carbons (Fsp3) is 0.714. The van der Waals surface area contributed by atoms with Crippen molar-refractivity contribution < 1.29 is 0 Å². The van der Waals surface area contributed by atoms with E-state index in [4.69, 9.17) is 24.4 Å². The van der Waals surface area contributed by atoms with Crippen LogP contribution in [0.1, 0.15) is 47.5 Å². The van der Waals surface area contributed by atoms with Crippen LogP contribution in [0.4, 0.5) is 0 Å². The van der Waals surface area contributed by atoms with Gasteiger partial charge in [-0.2, -0.15) is 0 Å².